The van der Waals surface area contributed by atoms with Crippen molar-refractivity contribution >= 4 is 57.1 Å². The van der Waals surface area contributed by atoms with Gasteiger partial charge in [-0.2, -0.15) is 41.4 Å². The van der Waals surface area contributed by atoms with Crippen molar-refractivity contribution < 1.29 is 87.6 Å². The van der Waals surface area contributed by atoms with Crippen LogP contribution in [-0.2, 0) is 18.1 Å². The van der Waals surface area contributed by atoms with E-state index in [0.29, 0.717) is 101 Å². The van der Waals surface area contributed by atoms with Crippen molar-refractivity contribution in [2.75, 3.05) is 67.7 Å². The third-order valence-corrected chi connectivity index (χ3v) is 22.5. The topological polar surface area (TPSA) is 302 Å². The number of nitro benzene ring substituents is 1. The third kappa shape index (κ3) is 22.3. The molecule has 0 N–H and O–H groups in total. The molecule has 0 bridgehead atoms. The number of esters is 1. The number of ether oxygens (including phenoxy) is 5. The van der Waals surface area contributed by atoms with Gasteiger partial charge in [0, 0.05) is 90.5 Å². The Hall–Kier alpha value is -13.5. The summed E-state index contributed by atoms with van der Waals surface area (Å²) in [6.07, 6.45) is -5.10. The van der Waals surface area contributed by atoms with Crippen LogP contribution in [-0.4, -0.2) is 151 Å². The molecule has 13 aromatic rings. The quantitative estimate of drug-likeness (QED) is 0.0212. The molecule has 5 aromatic heterocycles. The number of methoxy groups -OCH3 is 4. The number of alkyl halides is 6. The zero-order chi connectivity index (χ0) is 89.3. The maximum atomic E-state index is 13.1. The van der Waals surface area contributed by atoms with Gasteiger partial charge in [-0.15, -0.1) is 10.2 Å². The molecule has 8 heterocycles. The average Bonchev–Trinajstić information content (AvgIpc) is 1.45. The van der Waals surface area contributed by atoms with Gasteiger partial charge in [0.2, 0.25) is 29.3 Å². The molecule has 0 spiro atoms. The fourth-order valence-electron chi connectivity index (χ4n) is 14.1. The van der Waals surface area contributed by atoms with Gasteiger partial charge in [-0.05, 0) is 166 Å². The van der Waals surface area contributed by atoms with Crippen molar-refractivity contribution in [1.29, 1.82) is 0 Å². The van der Waals surface area contributed by atoms with Crippen LogP contribution >= 0.6 is 27.7 Å². The number of aryl methyl sites for hydroxylation is 1. The van der Waals surface area contributed by atoms with E-state index in [9.17, 15) is 55.6 Å². The number of piperidine rings is 2. The second kappa shape index (κ2) is 40.9. The van der Waals surface area contributed by atoms with Crippen LogP contribution < -0.4 is 23.7 Å². The lowest BCUT2D eigenvalue weighted by Gasteiger charge is -2.31. The highest BCUT2D eigenvalue weighted by Gasteiger charge is 2.39. The Labute approximate surface area is 732 Å². The van der Waals surface area contributed by atoms with E-state index < -0.39 is 39.9 Å². The van der Waals surface area contributed by atoms with Crippen LogP contribution in [0.25, 0.3) is 50.8 Å². The van der Waals surface area contributed by atoms with Crippen LogP contribution in [0.3, 0.4) is 0 Å². The first kappa shape index (κ1) is 90.2. The molecule has 34 heteroatoms. The van der Waals surface area contributed by atoms with E-state index in [1.54, 1.807) is 90.4 Å². The molecular formula is C92H85BrF6N12O14S. The van der Waals surface area contributed by atoms with Crippen LogP contribution in [0.5, 0.6) is 28.9 Å². The predicted molar refractivity (Wildman–Crippen MR) is 459 cm³/mol. The smallest absolute Gasteiger partial charge is 0.416 e. The maximum Gasteiger partial charge on any atom is 0.416 e. The Balaban J connectivity index is 0.000000144. The molecule has 0 radical (unpaired) electrons. The first-order valence-corrected chi connectivity index (χ1v) is 41.8. The number of nitro groups is 1. The van der Waals surface area contributed by atoms with E-state index in [-0.39, 0.29) is 70.9 Å². The van der Waals surface area contributed by atoms with Gasteiger partial charge in [-0.25, -0.2) is 9.48 Å². The van der Waals surface area contributed by atoms with Crippen LogP contribution in [0, 0.1) is 17.0 Å². The van der Waals surface area contributed by atoms with E-state index in [4.69, 9.17) is 37.1 Å². The van der Waals surface area contributed by atoms with Gasteiger partial charge < -0.3 is 51.8 Å². The Morgan fingerprint density at radius 3 is 1.48 bits per heavy atom. The molecule has 652 valence electrons. The number of thioether (sulfide) groups is 1. The van der Waals surface area contributed by atoms with E-state index >= 15 is 0 Å². The summed E-state index contributed by atoms with van der Waals surface area (Å²) in [5.41, 5.74) is 4.25. The molecule has 126 heavy (non-hydrogen) atoms. The SMILES string of the molecule is CC(C)c1cc(OC(=O)c2cc(C(F)(F)F)cc(C(F)(F)F)c2)n(-c2ccc([N+](=O)[O-])cc2)n1.COc1cccc(OC)c1C(=O)N1CCC(c2nc(-c3ccc(Br)cc3)no2)CC1.COc1cccc(OC)c1C(=O)N1CCC(c2nc(-c3ccc(C)cc3)no2)CC1.O=C(c1ccc(CSc2ccc(-c3ccc(-c4ccccc4)cc3)nn2)o1)N1CCCC1. The number of benzene rings is 8. The Morgan fingerprint density at radius 1 is 0.540 bits per heavy atom. The normalized spacial score (nSPS) is 13.6. The molecule has 3 amide bonds. The first-order chi connectivity index (χ1) is 60.6. The van der Waals surface area contributed by atoms with Crippen molar-refractivity contribution in [2.45, 2.75) is 100 Å². The lowest BCUT2D eigenvalue weighted by Crippen LogP contribution is -2.38. The second-order valence-corrected chi connectivity index (χ2v) is 31.6. The molecule has 3 saturated heterocycles. The lowest BCUT2D eigenvalue weighted by atomic mass is 9.96. The van der Waals surface area contributed by atoms with Crippen molar-refractivity contribution in [3.8, 4) is 79.7 Å². The fraction of sp³-hybridized carbons (Fsp3) is 0.272. The number of carbonyl (C=O) groups is 4. The molecule has 0 saturated carbocycles. The molecule has 3 aliphatic rings. The Kier molecular flexibility index (Phi) is 29.3. The summed E-state index contributed by atoms with van der Waals surface area (Å²) in [5.74, 6) is 4.38. The molecule has 0 unspecified atom stereocenters. The van der Waals surface area contributed by atoms with Crippen LogP contribution in [0.2, 0.25) is 0 Å². The number of hydrogen-bond donors (Lipinski definition) is 0. The number of amides is 3. The Bertz CT molecular complexity index is 5670. The second-order valence-electron chi connectivity index (χ2n) is 29.7. The molecule has 0 atom stereocenters. The molecule has 3 aliphatic heterocycles. The minimum Gasteiger partial charge on any atom is -0.496 e. The number of nitrogens with zero attached hydrogens (tertiary/aromatic N) is 12. The summed E-state index contributed by atoms with van der Waals surface area (Å²) < 4.78 is 124. The van der Waals surface area contributed by atoms with Crippen molar-refractivity contribution in [2.24, 2.45) is 0 Å². The van der Waals surface area contributed by atoms with Gasteiger partial charge >= 0.3 is 18.3 Å². The van der Waals surface area contributed by atoms with Crippen molar-refractivity contribution in [3.05, 3.63) is 289 Å². The van der Waals surface area contributed by atoms with Crippen molar-refractivity contribution in [3.63, 3.8) is 0 Å². The minimum atomic E-state index is -5.14. The number of rotatable bonds is 21. The van der Waals surface area contributed by atoms with E-state index in [0.717, 1.165) is 106 Å². The summed E-state index contributed by atoms with van der Waals surface area (Å²) >= 11 is 4.97. The lowest BCUT2D eigenvalue weighted by molar-refractivity contribution is -0.384. The van der Waals surface area contributed by atoms with Crippen LogP contribution in [0.15, 0.2) is 235 Å². The third-order valence-electron chi connectivity index (χ3n) is 21.0. The maximum absolute atomic E-state index is 13.1. The number of furan rings is 1. The average molecular weight is 1810 g/mol. The Morgan fingerprint density at radius 2 is 1.02 bits per heavy atom. The molecular weight excluding hydrogens is 1720 g/mol. The number of halogens is 7. The number of aromatic nitrogens is 8. The molecule has 8 aromatic carbocycles. The zero-order valence-corrected chi connectivity index (χ0v) is 71.7. The van der Waals surface area contributed by atoms with Gasteiger partial charge in [0.15, 0.2) is 5.76 Å². The number of hydrogen-bond acceptors (Lipinski definition) is 22. The van der Waals surface area contributed by atoms with Gasteiger partial charge in [-0.3, -0.25) is 24.5 Å². The summed E-state index contributed by atoms with van der Waals surface area (Å²) in [6.45, 7) is 9.58. The van der Waals surface area contributed by atoms with Crippen molar-refractivity contribution in [1.82, 2.24) is 55.0 Å². The largest absolute Gasteiger partial charge is 0.496 e. The zero-order valence-electron chi connectivity index (χ0n) is 69.3. The first-order valence-electron chi connectivity index (χ1n) is 40.0. The summed E-state index contributed by atoms with van der Waals surface area (Å²) in [7, 11) is 6.21. The van der Waals surface area contributed by atoms with Gasteiger partial charge in [0.25, 0.3) is 23.4 Å². The molecule has 16 rings (SSSR count). The monoisotopic (exact) mass is 1810 g/mol. The standard InChI is InChI=1S/C26H23N3O2S.C23H25N3O4.C22H22BrN3O4.C21H15F6N3O4/c30-26(29-16-4-5-17-29)24-14-12-22(31-24)18-32-25-15-13-23(27-28-25)21-10-8-20(9-11-21)19-6-2-1-3-7-19;1-15-7-9-16(10-8-15)21-24-22(30-25-21)17-11-13-26(14-12-17)23(27)20-18(28-2)5-4-6-19(20)29-3;1-28-17-4-3-5-18(29-2)19(17)22(27)26-12-10-15(11-13-26)21-24-20(25-30-21)14-6-8-16(23)9-7-14;1-11(2)17-10-18(29(28-17)15-3-5-16(6-4-15)30(32)33)34-19(31)12-7-13(20(22,23)24)9-14(8-12)21(25,26)27/h1-3,6-15H,4-5,16-18H2;4-10,17H,11-14H2,1-3H3;3-9,15H,10-13H2,1-2H3;3-11H,1-2H3. The summed E-state index contributed by atoms with van der Waals surface area (Å²) in [4.78, 5) is 76.2. The highest BCUT2D eigenvalue weighted by Crippen LogP contribution is 2.41. The fourth-order valence-corrected chi connectivity index (χ4v) is 15.1. The highest BCUT2D eigenvalue weighted by atomic mass is 79.9. The minimum absolute atomic E-state index is 0.0128. The molecule has 26 nitrogen and oxygen atoms in total. The summed E-state index contributed by atoms with van der Waals surface area (Å²) in [6, 6.07) is 59.4. The molecule has 0 aliphatic carbocycles. The van der Waals surface area contributed by atoms with Gasteiger partial charge in [-0.1, -0.05) is 148 Å². The van der Waals surface area contributed by atoms with Crippen LogP contribution in [0.1, 0.15) is 152 Å². The van der Waals surface area contributed by atoms with Gasteiger partial charge in [0.1, 0.15) is 44.9 Å². The van der Waals surface area contributed by atoms with Gasteiger partial charge in [0.05, 0.1) is 72.9 Å². The predicted octanol–water partition coefficient (Wildman–Crippen LogP) is 20.7. The number of non-ortho nitro benzene ring substituents is 1. The summed E-state index contributed by atoms with van der Waals surface area (Å²) in [5, 5.41) is 32.9. The number of carbonyl (C=O) groups excluding carboxylic acids is 4. The van der Waals surface area contributed by atoms with E-state index in [2.05, 4.69) is 87.9 Å². The number of likely N-dealkylation sites (tertiary alicyclic amines) is 3. The highest BCUT2D eigenvalue weighted by molar-refractivity contribution is 9.10. The van der Waals surface area contributed by atoms with E-state index in [1.807, 2.05) is 113 Å². The van der Waals surface area contributed by atoms with Crippen LogP contribution in [0.4, 0.5) is 32.0 Å². The molecule has 3 fully saturated rings. The van der Waals surface area contributed by atoms with E-state index in [1.165, 1.54) is 34.9 Å².